The zero-order chi connectivity index (χ0) is 13.8. The van der Waals surface area contributed by atoms with Crippen LogP contribution in [0.1, 0.15) is 26.2 Å². The molecule has 0 aliphatic heterocycles. The fourth-order valence-corrected chi connectivity index (χ4v) is 2.65. The lowest BCUT2D eigenvalue weighted by Gasteiger charge is -2.20. The van der Waals surface area contributed by atoms with Crippen LogP contribution in [0, 0.1) is 0 Å². The molecule has 0 saturated heterocycles. The highest BCUT2D eigenvalue weighted by molar-refractivity contribution is 7.99. The van der Waals surface area contributed by atoms with Crippen molar-refractivity contribution in [1.82, 2.24) is 10.6 Å². The summed E-state index contributed by atoms with van der Waals surface area (Å²) in [5.41, 5.74) is -1.94. The molecule has 1 saturated carbocycles. The number of carboxylic acids is 1. The van der Waals surface area contributed by atoms with Crippen LogP contribution in [0.5, 0.6) is 0 Å². The highest BCUT2D eigenvalue weighted by Gasteiger charge is 2.31. The first kappa shape index (κ1) is 15.1. The first-order valence-electron chi connectivity index (χ1n) is 5.88. The zero-order valence-electron chi connectivity index (χ0n) is 10.6. The minimum Gasteiger partial charge on any atom is -0.479 e. The Morgan fingerprint density at radius 2 is 2.11 bits per heavy atom. The second-order valence-electron chi connectivity index (χ2n) is 4.77. The molecule has 3 unspecified atom stereocenters. The quantitative estimate of drug-likeness (QED) is 0.583. The molecule has 18 heavy (non-hydrogen) atoms. The van der Waals surface area contributed by atoms with E-state index in [9.17, 15) is 14.7 Å². The summed E-state index contributed by atoms with van der Waals surface area (Å²) in [4.78, 5) is 22.2. The van der Waals surface area contributed by atoms with Gasteiger partial charge in [-0.3, -0.25) is 0 Å². The Morgan fingerprint density at radius 3 is 2.61 bits per heavy atom. The normalized spacial score (nSPS) is 26.4. The van der Waals surface area contributed by atoms with Crippen molar-refractivity contribution in [3.05, 3.63) is 0 Å². The molecule has 0 aromatic carbocycles. The zero-order valence-corrected chi connectivity index (χ0v) is 11.4. The van der Waals surface area contributed by atoms with E-state index in [-0.39, 0.29) is 12.6 Å². The first-order chi connectivity index (χ1) is 8.35. The fraction of sp³-hybridized carbons (Fsp3) is 0.818. The molecule has 0 bridgehead atoms. The molecule has 7 heteroatoms. The van der Waals surface area contributed by atoms with Crippen LogP contribution in [0.15, 0.2) is 0 Å². The lowest BCUT2D eigenvalue weighted by Crippen LogP contribution is -2.50. The third-order valence-corrected chi connectivity index (χ3v) is 4.20. The highest BCUT2D eigenvalue weighted by atomic mass is 32.2. The van der Waals surface area contributed by atoms with Gasteiger partial charge in [-0.05, 0) is 32.4 Å². The van der Waals surface area contributed by atoms with Gasteiger partial charge < -0.3 is 20.8 Å². The van der Waals surface area contributed by atoms with E-state index < -0.39 is 17.6 Å². The summed E-state index contributed by atoms with van der Waals surface area (Å²) in [6.45, 7) is 0.835. The van der Waals surface area contributed by atoms with E-state index in [0.717, 1.165) is 26.2 Å². The fourth-order valence-electron chi connectivity index (χ4n) is 1.85. The summed E-state index contributed by atoms with van der Waals surface area (Å²) in [6.07, 6.45) is 5.01. The Morgan fingerprint density at radius 1 is 1.44 bits per heavy atom. The predicted molar refractivity (Wildman–Crippen MR) is 69.7 cm³/mol. The van der Waals surface area contributed by atoms with Crippen LogP contribution < -0.4 is 10.6 Å². The minimum absolute atomic E-state index is 0.136. The van der Waals surface area contributed by atoms with Gasteiger partial charge in [-0.25, -0.2) is 9.59 Å². The third-order valence-electron chi connectivity index (χ3n) is 3.11. The van der Waals surface area contributed by atoms with E-state index >= 15 is 0 Å². The number of hydrogen-bond acceptors (Lipinski definition) is 4. The largest absolute Gasteiger partial charge is 0.479 e. The Balaban J connectivity index is 2.28. The monoisotopic (exact) mass is 276 g/mol. The Bertz CT molecular complexity index is 322. The van der Waals surface area contributed by atoms with Crippen molar-refractivity contribution >= 4 is 23.8 Å². The number of rotatable bonds is 5. The van der Waals surface area contributed by atoms with Crippen LogP contribution in [-0.2, 0) is 4.79 Å². The van der Waals surface area contributed by atoms with Gasteiger partial charge in [0.1, 0.15) is 0 Å². The number of urea groups is 1. The molecule has 0 spiro atoms. The van der Waals surface area contributed by atoms with E-state index in [1.165, 1.54) is 0 Å². The average molecular weight is 276 g/mol. The smallest absolute Gasteiger partial charge is 0.337 e. The van der Waals surface area contributed by atoms with Crippen molar-refractivity contribution in [2.75, 3.05) is 12.8 Å². The van der Waals surface area contributed by atoms with Crippen molar-refractivity contribution in [2.24, 2.45) is 0 Å². The van der Waals surface area contributed by atoms with Crippen LogP contribution in [0.4, 0.5) is 4.79 Å². The van der Waals surface area contributed by atoms with Crippen molar-refractivity contribution in [3.63, 3.8) is 0 Å². The number of thioether (sulfide) groups is 1. The van der Waals surface area contributed by atoms with Crippen molar-refractivity contribution < 1.29 is 19.8 Å². The number of carbonyl (C=O) groups is 2. The summed E-state index contributed by atoms with van der Waals surface area (Å²) in [7, 11) is 0. The molecule has 104 valence electrons. The maximum atomic E-state index is 11.5. The van der Waals surface area contributed by atoms with E-state index in [1.54, 1.807) is 11.8 Å². The Kier molecular flexibility index (Phi) is 5.28. The molecule has 1 aliphatic rings. The van der Waals surface area contributed by atoms with Crippen molar-refractivity contribution in [3.8, 4) is 0 Å². The number of amides is 2. The second-order valence-corrected chi connectivity index (χ2v) is 5.91. The summed E-state index contributed by atoms with van der Waals surface area (Å²) >= 11 is 1.80. The third kappa shape index (κ3) is 4.38. The lowest BCUT2D eigenvalue weighted by molar-refractivity contribution is -0.155. The summed E-state index contributed by atoms with van der Waals surface area (Å²) < 4.78 is 0. The van der Waals surface area contributed by atoms with Gasteiger partial charge in [-0.2, -0.15) is 11.8 Å². The van der Waals surface area contributed by atoms with Crippen LogP contribution >= 0.6 is 11.8 Å². The maximum absolute atomic E-state index is 11.5. The average Bonchev–Trinajstić information content (AvgIpc) is 2.74. The van der Waals surface area contributed by atoms with Crippen LogP contribution in [-0.4, -0.2) is 51.9 Å². The van der Waals surface area contributed by atoms with Gasteiger partial charge in [0.15, 0.2) is 5.60 Å². The summed E-state index contributed by atoms with van der Waals surface area (Å²) in [5, 5.41) is 23.9. The molecular formula is C11H20N2O4S. The molecule has 0 heterocycles. The van der Waals surface area contributed by atoms with Gasteiger partial charge in [0.05, 0.1) is 6.54 Å². The molecule has 1 rings (SSSR count). The number of nitrogens with one attached hydrogen (secondary N) is 2. The molecule has 0 aromatic rings. The number of carbonyl (C=O) groups excluding carboxylic acids is 1. The van der Waals surface area contributed by atoms with Crippen LogP contribution in [0.2, 0.25) is 0 Å². The maximum Gasteiger partial charge on any atom is 0.337 e. The summed E-state index contributed by atoms with van der Waals surface area (Å²) in [5.74, 6) is -1.36. The van der Waals surface area contributed by atoms with Gasteiger partial charge >= 0.3 is 12.0 Å². The molecule has 0 radical (unpaired) electrons. The van der Waals surface area contributed by atoms with Gasteiger partial charge in [0.2, 0.25) is 0 Å². The second kappa shape index (κ2) is 6.29. The SMILES string of the molecule is CSC1CCC(NC(=O)NCC(C)(O)C(=O)O)C1. The Labute approximate surface area is 111 Å². The first-order valence-corrected chi connectivity index (χ1v) is 7.17. The molecule has 3 atom stereocenters. The van der Waals surface area contributed by atoms with E-state index in [1.807, 2.05) is 0 Å². The van der Waals surface area contributed by atoms with Gasteiger partial charge in [-0.15, -0.1) is 0 Å². The number of hydrogen-bond donors (Lipinski definition) is 4. The van der Waals surface area contributed by atoms with E-state index in [0.29, 0.717) is 5.25 Å². The van der Waals surface area contributed by atoms with Gasteiger partial charge in [-0.1, -0.05) is 0 Å². The van der Waals surface area contributed by atoms with Crippen molar-refractivity contribution in [2.45, 2.75) is 43.1 Å². The van der Waals surface area contributed by atoms with Gasteiger partial charge in [0, 0.05) is 11.3 Å². The highest BCUT2D eigenvalue weighted by Crippen LogP contribution is 2.27. The van der Waals surface area contributed by atoms with Crippen LogP contribution in [0.3, 0.4) is 0 Å². The Hall–Kier alpha value is -0.950. The molecule has 2 amide bonds. The lowest BCUT2D eigenvalue weighted by atomic mass is 10.1. The molecular weight excluding hydrogens is 256 g/mol. The molecule has 6 nitrogen and oxygen atoms in total. The number of aliphatic hydroxyl groups is 1. The molecule has 4 N–H and O–H groups in total. The molecule has 1 fully saturated rings. The minimum atomic E-state index is -1.94. The summed E-state index contributed by atoms with van der Waals surface area (Å²) in [6, 6.07) is -0.291. The topological polar surface area (TPSA) is 98.7 Å². The van der Waals surface area contributed by atoms with Crippen molar-refractivity contribution in [1.29, 1.82) is 0 Å². The van der Waals surface area contributed by atoms with E-state index in [2.05, 4.69) is 16.9 Å². The van der Waals surface area contributed by atoms with E-state index in [4.69, 9.17) is 5.11 Å². The number of carboxylic acid groups (broad SMARTS) is 1. The number of aliphatic carboxylic acids is 1. The molecule has 1 aliphatic carbocycles. The van der Waals surface area contributed by atoms with Crippen LogP contribution in [0.25, 0.3) is 0 Å². The molecule has 0 aromatic heterocycles. The standard InChI is InChI=1S/C11H20N2O4S/c1-11(17,9(14)15)6-12-10(16)13-7-3-4-8(5-7)18-2/h7-8,17H,3-6H2,1-2H3,(H,14,15)(H2,12,13,16). The predicted octanol–water partition coefficient (Wildman–Crippen LogP) is 0.405. The van der Waals surface area contributed by atoms with Gasteiger partial charge in [0.25, 0.3) is 0 Å².